The Balaban J connectivity index is 1.93. The number of aromatic carboxylic acids is 1. The molecule has 0 radical (unpaired) electrons. The zero-order valence-electron chi connectivity index (χ0n) is 17.6. The SMILES string of the molecule is CC(C)CC(C)Nc1ccc(Nc2ccccc2)cc1Sc1ccccc1C(=O)O. The zero-order chi connectivity index (χ0) is 21.5. The zero-order valence-corrected chi connectivity index (χ0v) is 18.4. The highest BCUT2D eigenvalue weighted by atomic mass is 32.2. The number of para-hydroxylation sites is 1. The first-order valence-corrected chi connectivity index (χ1v) is 11.0. The lowest BCUT2D eigenvalue weighted by atomic mass is 10.1. The van der Waals surface area contributed by atoms with E-state index in [0.29, 0.717) is 17.5 Å². The molecule has 0 aliphatic heterocycles. The largest absolute Gasteiger partial charge is 0.478 e. The number of hydrogen-bond acceptors (Lipinski definition) is 4. The van der Waals surface area contributed by atoms with E-state index < -0.39 is 5.97 Å². The number of carboxylic acid groups (broad SMARTS) is 1. The Morgan fingerprint density at radius 3 is 2.30 bits per heavy atom. The highest BCUT2D eigenvalue weighted by Crippen LogP contribution is 2.38. The van der Waals surface area contributed by atoms with Crippen LogP contribution < -0.4 is 10.6 Å². The van der Waals surface area contributed by atoms with Gasteiger partial charge in [0.1, 0.15) is 0 Å². The Morgan fingerprint density at radius 2 is 1.60 bits per heavy atom. The Kier molecular flexibility index (Phi) is 7.41. The van der Waals surface area contributed by atoms with Crippen molar-refractivity contribution in [1.82, 2.24) is 0 Å². The third-order valence-electron chi connectivity index (χ3n) is 4.61. The van der Waals surface area contributed by atoms with Crippen molar-refractivity contribution >= 4 is 34.8 Å². The molecular formula is C25H28N2O2S. The second-order valence-corrected chi connectivity index (χ2v) is 8.86. The second kappa shape index (κ2) is 10.2. The lowest BCUT2D eigenvalue weighted by Gasteiger charge is -2.21. The molecule has 5 heteroatoms. The molecular weight excluding hydrogens is 392 g/mol. The molecule has 3 rings (SSSR count). The van der Waals surface area contributed by atoms with Crippen molar-refractivity contribution in [3.8, 4) is 0 Å². The van der Waals surface area contributed by atoms with Gasteiger partial charge in [0.2, 0.25) is 0 Å². The Bertz CT molecular complexity index is 989. The van der Waals surface area contributed by atoms with E-state index >= 15 is 0 Å². The molecule has 0 saturated heterocycles. The van der Waals surface area contributed by atoms with Crippen molar-refractivity contribution in [3.63, 3.8) is 0 Å². The quantitative estimate of drug-likeness (QED) is 0.344. The number of nitrogens with one attached hydrogen (secondary N) is 2. The molecule has 4 nitrogen and oxygen atoms in total. The molecule has 0 heterocycles. The van der Waals surface area contributed by atoms with E-state index in [0.717, 1.165) is 33.3 Å². The first kappa shape index (κ1) is 21.8. The molecule has 0 fully saturated rings. The van der Waals surface area contributed by atoms with Gasteiger partial charge in [-0.3, -0.25) is 0 Å². The van der Waals surface area contributed by atoms with E-state index in [4.69, 9.17) is 0 Å². The maximum absolute atomic E-state index is 11.7. The number of carbonyl (C=O) groups is 1. The van der Waals surface area contributed by atoms with Gasteiger partial charge in [-0.05, 0) is 61.7 Å². The van der Waals surface area contributed by atoms with Crippen LogP contribution in [0.4, 0.5) is 17.1 Å². The van der Waals surface area contributed by atoms with E-state index in [-0.39, 0.29) is 0 Å². The molecule has 1 unspecified atom stereocenters. The van der Waals surface area contributed by atoms with Gasteiger partial charge in [-0.1, -0.05) is 55.9 Å². The number of rotatable bonds is 9. The molecule has 0 amide bonds. The van der Waals surface area contributed by atoms with Gasteiger partial charge >= 0.3 is 5.97 Å². The van der Waals surface area contributed by atoms with Crippen molar-refractivity contribution in [1.29, 1.82) is 0 Å². The molecule has 0 aliphatic rings. The van der Waals surface area contributed by atoms with E-state index in [1.54, 1.807) is 12.1 Å². The minimum atomic E-state index is -0.917. The van der Waals surface area contributed by atoms with Crippen molar-refractivity contribution in [2.24, 2.45) is 5.92 Å². The number of carboxylic acids is 1. The summed E-state index contributed by atoms with van der Waals surface area (Å²) in [5, 5.41) is 16.6. The van der Waals surface area contributed by atoms with E-state index in [2.05, 4.69) is 43.5 Å². The summed E-state index contributed by atoms with van der Waals surface area (Å²) < 4.78 is 0. The molecule has 0 spiro atoms. The molecule has 1 atom stereocenters. The average Bonchev–Trinajstić information content (AvgIpc) is 2.70. The molecule has 30 heavy (non-hydrogen) atoms. The van der Waals surface area contributed by atoms with Crippen LogP contribution in [-0.4, -0.2) is 17.1 Å². The van der Waals surface area contributed by atoms with Crippen molar-refractivity contribution in [3.05, 3.63) is 78.4 Å². The van der Waals surface area contributed by atoms with Crippen LogP contribution in [0.1, 0.15) is 37.6 Å². The summed E-state index contributed by atoms with van der Waals surface area (Å²) in [4.78, 5) is 13.4. The Morgan fingerprint density at radius 1 is 0.900 bits per heavy atom. The Hall–Kier alpha value is -2.92. The van der Waals surface area contributed by atoms with Crippen LogP contribution in [-0.2, 0) is 0 Å². The van der Waals surface area contributed by atoms with Gasteiger partial charge in [0, 0.05) is 32.9 Å². The molecule has 156 valence electrons. The maximum Gasteiger partial charge on any atom is 0.336 e. The third-order valence-corrected chi connectivity index (χ3v) is 5.74. The van der Waals surface area contributed by atoms with Crippen LogP contribution in [0.5, 0.6) is 0 Å². The lowest BCUT2D eigenvalue weighted by Crippen LogP contribution is -2.17. The molecule has 0 aromatic heterocycles. The van der Waals surface area contributed by atoms with Gasteiger partial charge in [0.15, 0.2) is 0 Å². The van der Waals surface area contributed by atoms with Crippen LogP contribution in [0.15, 0.2) is 82.6 Å². The topological polar surface area (TPSA) is 61.4 Å². The summed E-state index contributed by atoms with van der Waals surface area (Å²) in [5.41, 5.74) is 3.28. The predicted molar refractivity (Wildman–Crippen MR) is 126 cm³/mol. The highest BCUT2D eigenvalue weighted by Gasteiger charge is 2.15. The fraction of sp³-hybridized carbons (Fsp3) is 0.240. The van der Waals surface area contributed by atoms with Crippen molar-refractivity contribution in [2.75, 3.05) is 10.6 Å². The average molecular weight is 421 g/mol. The van der Waals surface area contributed by atoms with Gasteiger partial charge in [0.05, 0.1) is 5.56 Å². The normalized spacial score (nSPS) is 11.9. The monoisotopic (exact) mass is 420 g/mol. The number of benzene rings is 3. The molecule has 3 aromatic rings. The molecule has 3 aromatic carbocycles. The van der Waals surface area contributed by atoms with Crippen molar-refractivity contribution in [2.45, 2.75) is 43.0 Å². The molecule has 3 N–H and O–H groups in total. The van der Waals surface area contributed by atoms with E-state index in [1.165, 1.54) is 11.8 Å². The molecule has 0 bridgehead atoms. The van der Waals surface area contributed by atoms with E-state index in [1.807, 2.05) is 48.5 Å². The van der Waals surface area contributed by atoms with Gasteiger partial charge < -0.3 is 15.7 Å². The van der Waals surface area contributed by atoms with Gasteiger partial charge in [-0.2, -0.15) is 0 Å². The number of hydrogen-bond donors (Lipinski definition) is 3. The summed E-state index contributed by atoms with van der Waals surface area (Å²) in [6.45, 7) is 6.60. The minimum absolute atomic E-state index is 0.310. The fourth-order valence-electron chi connectivity index (χ4n) is 3.37. The summed E-state index contributed by atoms with van der Waals surface area (Å²) in [7, 11) is 0. The summed E-state index contributed by atoms with van der Waals surface area (Å²) in [6, 6.07) is 23.6. The van der Waals surface area contributed by atoms with Gasteiger partial charge in [0.25, 0.3) is 0 Å². The third kappa shape index (κ3) is 6.04. The van der Waals surface area contributed by atoms with Gasteiger partial charge in [-0.15, -0.1) is 0 Å². The predicted octanol–water partition coefficient (Wildman–Crippen LogP) is 7.13. The second-order valence-electron chi connectivity index (χ2n) is 7.78. The highest BCUT2D eigenvalue weighted by molar-refractivity contribution is 7.99. The molecule has 0 aliphatic carbocycles. The Labute approximate surface area is 182 Å². The first-order valence-electron chi connectivity index (χ1n) is 10.1. The summed E-state index contributed by atoms with van der Waals surface area (Å²) in [5.74, 6) is -0.324. The van der Waals surface area contributed by atoms with Crippen molar-refractivity contribution < 1.29 is 9.90 Å². The minimum Gasteiger partial charge on any atom is -0.478 e. The standard InChI is InChI=1S/C25H28N2O2S/c1-17(2)15-18(3)26-22-14-13-20(27-19-9-5-4-6-10-19)16-24(22)30-23-12-8-7-11-21(23)25(28)29/h4-14,16-18,26-27H,15H2,1-3H3,(H,28,29). The maximum atomic E-state index is 11.7. The lowest BCUT2D eigenvalue weighted by molar-refractivity contribution is 0.0693. The summed E-state index contributed by atoms with van der Waals surface area (Å²) >= 11 is 1.47. The van der Waals surface area contributed by atoms with Crippen LogP contribution in [0.25, 0.3) is 0 Å². The first-order chi connectivity index (χ1) is 14.4. The van der Waals surface area contributed by atoms with Gasteiger partial charge in [-0.25, -0.2) is 4.79 Å². The van der Waals surface area contributed by atoms with E-state index in [9.17, 15) is 9.90 Å². The number of anilines is 3. The smallest absolute Gasteiger partial charge is 0.336 e. The van der Waals surface area contributed by atoms with Crippen LogP contribution in [0.3, 0.4) is 0 Å². The van der Waals surface area contributed by atoms with Crippen LogP contribution >= 0.6 is 11.8 Å². The molecule has 0 saturated carbocycles. The fourth-order valence-corrected chi connectivity index (χ4v) is 4.45. The van der Waals surface area contributed by atoms with Crippen LogP contribution in [0, 0.1) is 5.92 Å². The van der Waals surface area contributed by atoms with Crippen LogP contribution in [0.2, 0.25) is 0 Å². The summed E-state index contributed by atoms with van der Waals surface area (Å²) in [6.07, 6.45) is 1.06.